The summed E-state index contributed by atoms with van der Waals surface area (Å²) < 4.78 is 29.1. The second kappa shape index (κ2) is 6.58. The van der Waals surface area contributed by atoms with Crippen molar-refractivity contribution in [1.29, 1.82) is 0 Å². The van der Waals surface area contributed by atoms with Gasteiger partial charge >= 0.3 is 17.9 Å². The lowest BCUT2D eigenvalue weighted by atomic mass is 9.30. The van der Waals surface area contributed by atoms with Gasteiger partial charge in [-0.25, -0.2) is 0 Å². The number of esters is 3. The van der Waals surface area contributed by atoms with Crippen molar-refractivity contribution < 1.29 is 48.3 Å². The molecule has 14 unspecified atom stereocenters. The summed E-state index contributed by atoms with van der Waals surface area (Å²) in [4.78, 5) is 37.5. The maximum absolute atomic E-state index is 12.9. The highest BCUT2D eigenvalue weighted by atomic mass is 35.5. The number of epoxide rings is 2. The van der Waals surface area contributed by atoms with E-state index in [0.717, 1.165) is 0 Å². The lowest BCUT2D eigenvalue weighted by Crippen LogP contribution is -2.96. The highest BCUT2D eigenvalue weighted by Crippen LogP contribution is 2.80. The second-order valence-corrected chi connectivity index (χ2v) is 11.6. The molecule has 0 aromatic carbocycles. The van der Waals surface area contributed by atoms with Gasteiger partial charge in [0.1, 0.15) is 30.0 Å². The van der Waals surface area contributed by atoms with Crippen LogP contribution in [-0.2, 0) is 38.1 Å². The quantitative estimate of drug-likeness (QED) is 0.173. The van der Waals surface area contributed by atoms with Gasteiger partial charge in [0.25, 0.3) is 0 Å². The molecule has 14 atom stereocenters. The predicted molar refractivity (Wildman–Crippen MR) is 116 cm³/mol. The molecule has 6 rings (SSSR count). The normalized spacial score (nSPS) is 59.1. The van der Waals surface area contributed by atoms with Crippen LogP contribution in [0.1, 0.15) is 34.6 Å². The summed E-state index contributed by atoms with van der Waals surface area (Å²) in [5, 5.41) is 24.2. The Morgan fingerprint density at radius 2 is 1.74 bits per heavy atom. The molecule has 3 aliphatic carbocycles. The first kappa shape index (κ1) is 23.7. The first-order valence-electron chi connectivity index (χ1n) is 11.9. The molecule has 35 heavy (non-hydrogen) atoms. The number of hydrogen-bond donors (Lipinski definition) is 2. The van der Waals surface area contributed by atoms with Crippen molar-refractivity contribution in [1.82, 2.24) is 0 Å². The number of rotatable bonds is 2. The summed E-state index contributed by atoms with van der Waals surface area (Å²) in [7, 11) is 0. The molecule has 0 aromatic rings. The number of alkyl halides is 1. The first-order chi connectivity index (χ1) is 16.2. The van der Waals surface area contributed by atoms with Crippen LogP contribution in [0, 0.1) is 23.2 Å². The molecule has 0 radical (unpaired) electrons. The van der Waals surface area contributed by atoms with E-state index in [4.69, 9.17) is 35.3 Å². The zero-order chi connectivity index (χ0) is 25.6. The highest BCUT2D eigenvalue weighted by Gasteiger charge is 2.99. The van der Waals surface area contributed by atoms with Crippen LogP contribution in [0.4, 0.5) is 0 Å². The van der Waals surface area contributed by atoms with Gasteiger partial charge < -0.3 is 33.9 Å². The van der Waals surface area contributed by atoms with Gasteiger partial charge in [0.05, 0.1) is 17.4 Å². The third-order valence-corrected chi connectivity index (χ3v) is 10.2. The van der Waals surface area contributed by atoms with Crippen LogP contribution in [0.25, 0.3) is 0 Å². The van der Waals surface area contributed by atoms with Gasteiger partial charge in [0.15, 0.2) is 17.3 Å². The van der Waals surface area contributed by atoms with Gasteiger partial charge in [-0.2, -0.15) is 0 Å². The van der Waals surface area contributed by atoms with Gasteiger partial charge in [-0.05, 0) is 12.5 Å². The smallest absolute Gasteiger partial charge is 0.312 e. The molecule has 10 nitrogen and oxygen atoms in total. The minimum atomic E-state index is -2.25. The van der Waals surface area contributed by atoms with Crippen molar-refractivity contribution in [3.63, 3.8) is 0 Å². The van der Waals surface area contributed by atoms with Gasteiger partial charge in [0.2, 0.25) is 0 Å². The molecule has 0 amide bonds. The minimum absolute atomic E-state index is 0.355. The number of halogens is 1. The second-order valence-electron chi connectivity index (χ2n) is 11.2. The van der Waals surface area contributed by atoms with Gasteiger partial charge in [0, 0.05) is 31.1 Å². The SMILES string of the molecule is C=C1C(Cl)C2OC(=O)C(C)C2(O)C2(OC(C)=O)C3C(C)C(OC(C)=O)C4OC4C3(C)C2(O)C2OC12. The number of ether oxygens (including phenoxy) is 5. The van der Waals surface area contributed by atoms with Gasteiger partial charge in [-0.15, -0.1) is 11.6 Å². The van der Waals surface area contributed by atoms with E-state index >= 15 is 0 Å². The topological polar surface area (TPSA) is 144 Å². The van der Waals surface area contributed by atoms with Crippen molar-refractivity contribution >= 4 is 29.5 Å². The maximum Gasteiger partial charge on any atom is 0.312 e. The van der Waals surface area contributed by atoms with E-state index < -0.39 is 99.9 Å². The standard InChI is InChI=1S/C24H29ClO10/c1-7-12(25)17-22(29,9(3)20(28)34-17)24(35-11(5)27)16-8(2)13(31-10(4)26)15-18(33-15)21(16,6)23(24,30)19-14(7)32-19/h8-9,12-19,29-30H,1H2,2-6H3. The first-order valence-corrected chi connectivity index (χ1v) is 12.3. The summed E-state index contributed by atoms with van der Waals surface area (Å²) >= 11 is 6.72. The number of carbonyl (C=O) groups is 3. The van der Waals surface area contributed by atoms with Gasteiger partial charge in [-0.3, -0.25) is 14.4 Å². The van der Waals surface area contributed by atoms with E-state index in [1.807, 2.05) is 0 Å². The summed E-state index contributed by atoms with van der Waals surface area (Å²) in [6.45, 7) is 11.5. The summed E-state index contributed by atoms with van der Waals surface area (Å²) in [5.74, 6) is -4.60. The third-order valence-electron chi connectivity index (χ3n) is 9.74. The van der Waals surface area contributed by atoms with Crippen LogP contribution in [0.15, 0.2) is 12.2 Å². The number of hydrogen-bond acceptors (Lipinski definition) is 10. The van der Waals surface area contributed by atoms with Crippen molar-refractivity contribution in [3.8, 4) is 0 Å². The van der Waals surface area contributed by atoms with E-state index in [2.05, 4.69) is 6.58 Å². The lowest BCUT2D eigenvalue weighted by Gasteiger charge is -2.76. The molecule has 3 heterocycles. The summed E-state index contributed by atoms with van der Waals surface area (Å²) in [5.41, 5.74) is -7.07. The van der Waals surface area contributed by atoms with Crippen LogP contribution in [-0.4, -0.2) is 86.9 Å². The van der Waals surface area contributed by atoms with Crippen molar-refractivity contribution in [2.24, 2.45) is 23.2 Å². The van der Waals surface area contributed by atoms with E-state index in [1.165, 1.54) is 20.8 Å². The Balaban J connectivity index is 1.63. The maximum atomic E-state index is 12.9. The molecule has 0 spiro atoms. The summed E-state index contributed by atoms with van der Waals surface area (Å²) in [6.07, 6.45) is -4.77. The highest BCUT2D eigenvalue weighted by molar-refractivity contribution is 6.23. The molecule has 11 heteroatoms. The molecule has 0 aromatic heterocycles. The van der Waals surface area contributed by atoms with Crippen molar-refractivity contribution in [2.75, 3.05) is 0 Å². The molecular formula is C24H29ClO10. The van der Waals surface area contributed by atoms with Crippen LogP contribution < -0.4 is 0 Å². The Hall–Kier alpha value is -1.72. The van der Waals surface area contributed by atoms with E-state index in [-0.39, 0.29) is 0 Å². The van der Waals surface area contributed by atoms with E-state index in [9.17, 15) is 24.6 Å². The zero-order valence-corrected chi connectivity index (χ0v) is 20.8. The van der Waals surface area contributed by atoms with Crippen LogP contribution in [0.2, 0.25) is 0 Å². The summed E-state index contributed by atoms with van der Waals surface area (Å²) in [6, 6.07) is 0. The number of aliphatic hydroxyl groups is 2. The Morgan fingerprint density at radius 1 is 1.09 bits per heavy atom. The monoisotopic (exact) mass is 512 g/mol. The van der Waals surface area contributed by atoms with Crippen molar-refractivity contribution in [3.05, 3.63) is 12.2 Å². The van der Waals surface area contributed by atoms with Crippen molar-refractivity contribution in [2.45, 2.75) is 93.4 Å². The molecule has 192 valence electrons. The Bertz CT molecular complexity index is 1080. The van der Waals surface area contributed by atoms with E-state index in [1.54, 1.807) is 13.8 Å². The third kappa shape index (κ3) is 2.27. The fraction of sp³-hybridized carbons (Fsp3) is 0.792. The fourth-order valence-corrected chi connectivity index (χ4v) is 8.75. The van der Waals surface area contributed by atoms with Crippen LogP contribution in [0.3, 0.4) is 0 Å². The largest absolute Gasteiger partial charge is 0.459 e. The fourth-order valence-electron chi connectivity index (χ4n) is 8.38. The molecule has 3 aliphatic heterocycles. The van der Waals surface area contributed by atoms with Crippen LogP contribution in [0.5, 0.6) is 0 Å². The molecule has 3 saturated heterocycles. The number of fused-ring (bicyclic) bond motifs is 10. The molecular weight excluding hydrogens is 484 g/mol. The number of carbonyl (C=O) groups excluding carboxylic acids is 3. The average Bonchev–Trinajstić information content (AvgIpc) is 3.68. The zero-order valence-electron chi connectivity index (χ0n) is 20.0. The molecule has 0 bridgehead atoms. The van der Waals surface area contributed by atoms with Gasteiger partial charge in [-0.1, -0.05) is 20.4 Å². The Morgan fingerprint density at radius 3 is 2.34 bits per heavy atom. The molecule has 6 fully saturated rings. The molecule has 6 aliphatic rings. The van der Waals surface area contributed by atoms with E-state index in [0.29, 0.717) is 5.57 Å². The minimum Gasteiger partial charge on any atom is -0.459 e. The Labute approximate surface area is 206 Å². The van der Waals surface area contributed by atoms with Crippen LogP contribution >= 0.6 is 11.6 Å². The molecule has 2 N–H and O–H groups in total. The predicted octanol–water partition coefficient (Wildman–Crippen LogP) is 0.242. The average molecular weight is 513 g/mol. The Kier molecular flexibility index (Phi) is 4.45. The molecule has 3 saturated carbocycles. The lowest BCUT2D eigenvalue weighted by molar-refractivity contribution is -0.428.